The Morgan fingerprint density at radius 1 is 1.23 bits per heavy atom. The molecule has 3 rings (SSSR count). The van der Waals surface area contributed by atoms with Crippen LogP contribution >= 0.6 is 0 Å². The van der Waals surface area contributed by atoms with Crippen molar-refractivity contribution in [3.63, 3.8) is 0 Å². The van der Waals surface area contributed by atoms with E-state index >= 15 is 0 Å². The number of pyridine rings is 1. The van der Waals surface area contributed by atoms with Crippen molar-refractivity contribution in [3.05, 3.63) is 58.3 Å². The molecule has 1 aromatic heterocycles. The number of anilines is 1. The first-order valence-electron chi connectivity index (χ1n) is 10.2. The number of benzene rings is 1. The molecule has 0 aliphatic carbocycles. The molecule has 1 fully saturated rings. The van der Waals surface area contributed by atoms with E-state index in [1.165, 1.54) is 24.0 Å². The average molecular weight is 563 g/mol. The maximum absolute atomic E-state index is 13.5. The molecule has 2 aromatic rings. The topological polar surface area (TPSA) is 141 Å². The fourth-order valence-electron chi connectivity index (χ4n) is 3.38. The Labute approximate surface area is 205 Å². The third-order valence-corrected chi connectivity index (χ3v) is 10.7. The van der Waals surface area contributed by atoms with Crippen molar-refractivity contribution in [2.45, 2.75) is 19.1 Å². The monoisotopic (exact) mass is 563 g/mol. The maximum atomic E-state index is 13.5. The molecule has 0 saturated carbocycles. The van der Waals surface area contributed by atoms with Gasteiger partial charge >= 0.3 is 206 Å². The predicted molar refractivity (Wildman–Crippen MR) is 120 cm³/mol. The summed E-state index contributed by atoms with van der Waals surface area (Å²) in [5.41, 5.74) is -0.952. The van der Waals surface area contributed by atoms with Crippen LogP contribution in [0.5, 0.6) is 0 Å². The third kappa shape index (κ3) is 6.02. The zero-order chi connectivity index (χ0) is 25.8. The summed E-state index contributed by atoms with van der Waals surface area (Å²) in [4.78, 5) is 29.9. The summed E-state index contributed by atoms with van der Waals surface area (Å²) >= 11 is -1.75. The number of carbonyl (C=O) groups is 2. The standard InChI is InChI=1S/C22H18AsF2N4O5S/c1-2-34-22(31)17-7-15(9-27)21(28-18(17)20(24)25)29-10-16(11-29)19(30)23-35(32,33)12-14-6-4-3-5-13(14)8-26/h3-7,16,20H,2,10-12H2,1H3. The zero-order valence-corrected chi connectivity index (χ0v) is 21.0. The molecule has 0 unspecified atom stereocenters. The van der Waals surface area contributed by atoms with E-state index in [-0.39, 0.29) is 36.6 Å². The minimum atomic E-state index is -3.77. The second-order valence-electron chi connectivity index (χ2n) is 7.45. The molecule has 1 aliphatic rings. The van der Waals surface area contributed by atoms with Gasteiger partial charge in [0.25, 0.3) is 0 Å². The van der Waals surface area contributed by atoms with Gasteiger partial charge in [-0.25, -0.2) is 0 Å². The van der Waals surface area contributed by atoms with Crippen molar-refractivity contribution in [3.8, 4) is 12.1 Å². The van der Waals surface area contributed by atoms with Crippen molar-refractivity contribution in [2.75, 3.05) is 24.6 Å². The first-order valence-corrected chi connectivity index (χ1v) is 15.1. The van der Waals surface area contributed by atoms with Crippen LogP contribution in [0.2, 0.25) is 0 Å². The van der Waals surface area contributed by atoms with Crippen LogP contribution in [0.4, 0.5) is 14.6 Å². The van der Waals surface area contributed by atoms with E-state index in [1.54, 1.807) is 12.1 Å². The molecule has 0 amide bonds. The molecule has 0 atom stereocenters. The summed E-state index contributed by atoms with van der Waals surface area (Å²) < 4.78 is 56.5. The van der Waals surface area contributed by atoms with Crippen LogP contribution in [0.3, 0.4) is 0 Å². The summed E-state index contributed by atoms with van der Waals surface area (Å²) in [5.74, 6) is -2.22. The van der Waals surface area contributed by atoms with Crippen molar-refractivity contribution in [1.29, 1.82) is 10.5 Å². The number of carbonyl (C=O) groups excluding carboxylic acids is 2. The van der Waals surface area contributed by atoms with Crippen LogP contribution in [0, 0.1) is 28.6 Å². The Morgan fingerprint density at radius 2 is 1.89 bits per heavy atom. The van der Waals surface area contributed by atoms with E-state index in [0.29, 0.717) is 5.56 Å². The van der Waals surface area contributed by atoms with Crippen LogP contribution in [-0.4, -0.2) is 58.2 Å². The van der Waals surface area contributed by atoms with Gasteiger partial charge in [0.2, 0.25) is 0 Å². The second-order valence-corrected chi connectivity index (χ2v) is 14.7. The molecule has 1 aromatic carbocycles. The molecule has 0 bridgehead atoms. The Balaban J connectivity index is 1.73. The van der Waals surface area contributed by atoms with Gasteiger partial charge in [-0.3, -0.25) is 0 Å². The number of esters is 1. The van der Waals surface area contributed by atoms with Gasteiger partial charge < -0.3 is 0 Å². The number of nitriles is 2. The fourth-order valence-corrected chi connectivity index (χ4v) is 8.80. The van der Waals surface area contributed by atoms with Crippen molar-refractivity contribution >= 4 is 39.1 Å². The second kappa shape index (κ2) is 10.9. The molecule has 0 spiro atoms. The average Bonchev–Trinajstić information content (AvgIpc) is 2.77. The number of aromatic nitrogens is 1. The Hall–Kier alpha value is -3.34. The van der Waals surface area contributed by atoms with Crippen molar-refractivity contribution in [1.82, 2.24) is 4.98 Å². The van der Waals surface area contributed by atoms with E-state index in [1.807, 2.05) is 12.1 Å². The molecule has 13 heteroatoms. The number of hydrogen-bond acceptors (Lipinski definition) is 9. The third-order valence-electron chi connectivity index (χ3n) is 5.09. The molecule has 9 nitrogen and oxygen atoms in total. The fraction of sp³-hybridized carbons (Fsp3) is 0.318. The number of halogens is 2. The molecule has 1 saturated heterocycles. The number of alkyl halides is 2. The van der Waals surface area contributed by atoms with E-state index < -0.39 is 62.6 Å². The quantitative estimate of drug-likeness (QED) is 0.331. The number of rotatable bonds is 9. The molecule has 0 N–H and O–H groups in total. The predicted octanol–water partition coefficient (Wildman–Crippen LogP) is 2.14. The summed E-state index contributed by atoms with van der Waals surface area (Å²) in [6, 6.07) is 10.9. The summed E-state index contributed by atoms with van der Waals surface area (Å²) in [6.07, 6.45) is -3.11. The molecular weight excluding hydrogens is 545 g/mol. The van der Waals surface area contributed by atoms with Gasteiger partial charge in [-0.05, 0) is 0 Å². The molecule has 35 heavy (non-hydrogen) atoms. The van der Waals surface area contributed by atoms with E-state index in [4.69, 9.17) is 10.00 Å². The first-order chi connectivity index (χ1) is 16.6. The number of ether oxygens (including phenoxy) is 1. The van der Waals surface area contributed by atoms with Crippen LogP contribution in [0.1, 0.15) is 46.1 Å². The van der Waals surface area contributed by atoms with Crippen LogP contribution in [-0.2, 0) is 23.4 Å². The van der Waals surface area contributed by atoms with Gasteiger partial charge in [0, 0.05) is 0 Å². The summed E-state index contributed by atoms with van der Waals surface area (Å²) in [5, 5.41) is 18.6. The molecule has 1 radical (unpaired) electrons. The van der Waals surface area contributed by atoms with E-state index in [2.05, 4.69) is 4.98 Å². The molecule has 181 valence electrons. The van der Waals surface area contributed by atoms with Crippen molar-refractivity contribution < 1.29 is 31.5 Å². The van der Waals surface area contributed by atoms with E-state index in [9.17, 15) is 32.0 Å². The van der Waals surface area contributed by atoms with Gasteiger partial charge in [0.1, 0.15) is 0 Å². The van der Waals surface area contributed by atoms with Gasteiger partial charge in [0.05, 0.1) is 0 Å². The SMILES string of the molecule is CCOC(=O)c1cc(C#N)c(N2CC(C(=O)[As]S(=O)(=O)Cc3ccccc3C#N)C2)nc1C(F)F. The Kier molecular flexibility index (Phi) is 8.21. The molecule has 1 aliphatic heterocycles. The van der Waals surface area contributed by atoms with E-state index in [0.717, 1.165) is 6.07 Å². The number of hydrogen-bond donors (Lipinski definition) is 0. The normalized spacial score (nSPS) is 13.9. The summed E-state index contributed by atoms with van der Waals surface area (Å²) in [6.45, 7) is 1.47. The van der Waals surface area contributed by atoms with Crippen LogP contribution in [0.15, 0.2) is 30.3 Å². The van der Waals surface area contributed by atoms with Crippen molar-refractivity contribution in [2.24, 2.45) is 5.92 Å². The minimum absolute atomic E-state index is 0.00186. The van der Waals surface area contributed by atoms with Crippen LogP contribution < -0.4 is 4.90 Å². The summed E-state index contributed by atoms with van der Waals surface area (Å²) in [7, 11) is -3.77. The first kappa shape index (κ1) is 26.3. The van der Waals surface area contributed by atoms with Gasteiger partial charge in [-0.2, -0.15) is 0 Å². The molecule has 2 heterocycles. The van der Waals surface area contributed by atoms with Crippen LogP contribution in [0.25, 0.3) is 0 Å². The Morgan fingerprint density at radius 3 is 2.49 bits per heavy atom. The Bertz CT molecular complexity index is 1350. The molecular formula is C22H18AsF2N4O5S. The number of nitrogens with zero attached hydrogens (tertiary/aromatic N) is 4. The van der Waals surface area contributed by atoms with Gasteiger partial charge in [0.15, 0.2) is 0 Å². The zero-order valence-electron chi connectivity index (χ0n) is 18.3. The van der Waals surface area contributed by atoms with Gasteiger partial charge in [-0.1, -0.05) is 0 Å². The van der Waals surface area contributed by atoms with Gasteiger partial charge in [-0.15, -0.1) is 0 Å².